The number of hydrogen-bond acceptors (Lipinski definition) is 23. The SMILES string of the molecule is Oc1cc(O)c2c(c1)OC(c1cc(O)c(O)c(O)c1)C(O)C2.Oc1cc(O)c2c(c1)OC(c1ccc(O)c(O)c1)C(O)C2.Oc1ccc(C2Oc3cc(O)cc(O)c3CC2O)cc1.Oc1ccc2c(c1)OC(c1ccc(O)c(O)c1)C(O)C2. The quantitative estimate of drug-likeness (QED) is 0.0838. The zero-order valence-corrected chi connectivity index (χ0v) is 43.2. The van der Waals surface area contributed by atoms with Crippen molar-refractivity contribution in [3.63, 3.8) is 0 Å². The van der Waals surface area contributed by atoms with E-state index in [1.54, 1.807) is 30.3 Å². The standard InChI is InChI=1S/C15H14O7.C15H14O6.2C15H14O5/c16-7-3-9(17)8-5-12(20)15(22-13(8)4-7)6-1-10(18)14(21)11(19)2-6;16-8-4-11(18)9-6-13(20)15(21-14(9)5-8)7-1-2-10(17)12(19)3-7;16-10-3-1-8-5-13(19)15(20-14(8)7-10)9-2-4-11(17)12(18)6-9;16-9-3-1-8(2-4-9)15-13(19)7-11-12(18)5-10(17)6-14(11)20-15/h1-4,12,15-21H,5H2;1-5,13,15-20H,6H2;1-4,6-7,13,15-19H,5H2;1-6,13,15-19H,7H2. The molecule has 0 bridgehead atoms. The molecule has 8 aromatic rings. The third-order valence-corrected chi connectivity index (χ3v) is 13.9. The molecule has 0 aromatic heterocycles. The predicted octanol–water partition coefficient (Wildman–Crippen LogP) is 6.48. The topological polar surface area (TPSA) is 421 Å². The highest BCUT2D eigenvalue weighted by atomic mass is 16.5. The van der Waals surface area contributed by atoms with Crippen molar-refractivity contribution in [2.75, 3.05) is 0 Å². The number of phenolic OH excluding ortho intramolecular Hbond substituents is 15. The fraction of sp³-hybridized carbons (Fsp3) is 0.200. The number of hydrogen-bond donors (Lipinski definition) is 19. The molecule has 83 heavy (non-hydrogen) atoms. The molecule has 4 aliphatic heterocycles. The first-order chi connectivity index (χ1) is 39.4. The average molecular weight is 1150 g/mol. The van der Waals surface area contributed by atoms with Crippen molar-refractivity contribution < 1.29 is 116 Å². The van der Waals surface area contributed by atoms with Crippen LogP contribution in [0.5, 0.6) is 109 Å². The van der Waals surface area contributed by atoms with Gasteiger partial charge in [-0.2, -0.15) is 0 Å². The number of benzene rings is 8. The Morgan fingerprint density at radius 2 is 0.578 bits per heavy atom. The van der Waals surface area contributed by atoms with E-state index in [0.717, 1.165) is 23.8 Å². The molecule has 4 heterocycles. The Kier molecular flexibility index (Phi) is 16.3. The molecule has 0 aliphatic carbocycles. The van der Waals surface area contributed by atoms with Gasteiger partial charge in [0.05, 0.1) is 24.4 Å². The van der Waals surface area contributed by atoms with Crippen molar-refractivity contribution in [3.05, 3.63) is 172 Å². The lowest BCUT2D eigenvalue weighted by atomic mass is 9.93. The van der Waals surface area contributed by atoms with Crippen LogP contribution in [0.3, 0.4) is 0 Å². The first-order valence-electron chi connectivity index (χ1n) is 25.3. The van der Waals surface area contributed by atoms with E-state index >= 15 is 0 Å². The molecule has 0 radical (unpaired) electrons. The normalized spacial score (nSPS) is 20.7. The van der Waals surface area contributed by atoms with Gasteiger partial charge in [0.15, 0.2) is 46.4 Å². The van der Waals surface area contributed by atoms with Crippen molar-refractivity contribution >= 4 is 0 Å². The molecule has 434 valence electrons. The molecule has 19 N–H and O–H groups in total. The van der Waals surface area contributed by atoms with Crippen molar-refractivity contribution in [2.24, 2.45) is 0 Å². The molecular weight excluding hydrogens is 1090 g/mol. The lowest BCUT2D eigenvalue weighted by Gasteiger charge is -2.31. The third-order valence-electron chi connectivity index (χ3n) is 13.9. The Bertz CT molecular complexity index is 3660. The third kappa shape index (κ3) is 12.6. The van der Waals surface area contributed by atoms with Gasteiger partial charge in [0.25, 0.3) is 0 Å². The zero-order valence-electron chi connectivity index (χ0n) is 43.2. The highest BCUT2D eigenvalue weighted by Gasteiger charge is 2.36. The molecule has 23 heteroatoms. The van der Waals surface area contributed by atoms with Crippen LogP contribution >= 0.6 is 0 Å². The van der Waals surface area contributed by atoms with Crippen LogP contribution in [0.15, 0.2) is 127 Å². The smallest absolute Gasteiger partial charge is 0.200 e. The molecule has 0 saturated carbocycles. The minimum Gasteiger partial charge on any atom is -0.508 e. The van der Waals surface area contributed by atoms with Crippen molar-refractivity contribution in [1.82, 2.24) is 0 Å². The van der Waals surface area contributed by atoms with E-state index in [0.29, 0.717) is 51.3 Å². The van der Waals surface area contributed by atoms with Crippen LogP contribution < -0.4 is 18.9 Å². The summed E-state index contributed by atoms with van der Waals surface area (Å²) in [5, 5.41) is 183. The van der Waals surface area contributed by atoms with Gasteiger partial charge in [0, 0.05) is 90.4 Å². The fourth-order valence-corrected chi connectivity index (χ4v) is 9.79. The van der Waals surface area contributed by atoms with Gasteiger partial charge in [0.2, 0.25) is 0 Å². The number of aliphatic hydroxyl groups excluding tert-OH is 4. The lowest BCUT2D eigenvalue weighted by molar-refractivity contribution is 0.0195. The van der Waals surface area contributed by atoms with E-state index in [2.05, 4.69) is 0 Å². The molecule has 0 fully saturated rings. The van der Waals surface area contributed by atoms with Gasteiger partial charge in [-0.1, -0.05) is 30.3 Å². The van der Waals surface area contributed by atoms with E-state index in [-0.39, 0.29) is 105 Å². The molecule has 8 atom stereocenters. The minimum atomic E-state index is -1.05. The summed E-state index contributed by atoms with van der Waals surface area (Å²) in [5.41, 5.74) is 4.05. The summed E-state index contributed by atoms with van der Waals surface area (Å²) in [5.74, 6) is -2.13. The number of rotatable bonds is 4. The van der Waals surface area contributed by atoms with E-state index in [1.165, 1.54) is 78.9 Å². The van der Waals surface area contributed by atoms with Crippen molar-refractivity contribution in [3.8, 4) is 109 Å². The number of phenols is 15. The summed E-state index contributed by atoms with van der Waals surface area (Å²) in [6, 6.07) is 29.5. The van der Waals surface area contributed by atoms with Crippen molar-refractivity contribution in [1.29, 1.82) is 0 Å². The van der Waals surface area contributed by atoms with Crippen LogP contribution in [-0.4, -0.2) is 121 Å². The Morgan fingerprint density at radius 3 is 0.988 bits per heavy atom. The first-order valence-corrected chi connectivity index (χ1v) is 25.3. The molecule has 0 spiro atoms. The highest BCUT2D eigenvalue weighted by molar-refractivity contribution is 5.56. The van der Waals surface area contributed by atoms with Crippen LogP contribution in [0, 0.1) is 0 Å². The highest BCUT2D eigenvalue weighted by Crippen LogP contribution is 2.47. The summed E-state index contributed by atoms with van der Waals surface area (Å²) in [4.78, 5) is 0. The molecule has 0 saturated heterocycles. The van der Waals surface area contributed by atoms with Gasteiger partial charge in [-0.05, 0) is 76.9 Å². The molecule has 0 amide bonds. The molecule has 4 aliphatic rings. The van der Waals surface area contributed by atoms with E-state index in [1.807, 2.05) is 0 Å². The minimum absolute atomic E-state index is 0.0640. The Balaban J connectivity index is 0.000000133. The fourth-order valence-electron chi connectivity index (χ4n) is 9.79. The maximum atomic E-state index is 10.2. The largest absolute Gasteiger partial charge is 0.508 e. The molecule has 8 aromatic carbocycles. The lowest BCUT2D eigenvalue weighted by Crippen LogP contribution is -2.30. The predicted molar refractivity (Wildman–Crippen MR) is 289 cm³/mol. The van der Waals surface area contributed by atoms with E-state index in [9.17, 15) is 97.0 Å². The van der Waals surface area contributed by atoms with Gasteiger partial charge in [-0.15, -0.1) is 0 Å². The number of ether oxygens (including phenoxy) is 4. The van der Waals surface area contributed by atoms with Crippen molar-refractivity contribution in [2.45, 2.75) is 74.5 Å². The van der Waals surface area contributed by atoms with Crippen LogP contribution in [0.1, 0.15) is 68.9 Å². The number of aromatic hydroxyl groups is 15. The van der Waals surface area contributed by atoms with Gasteiger partial charge in [-0.25, -0.2) is 0 Å². The maximum Gasteiger partial charge on any atom is 0.200 e. The van der Waals surface area contributed by atoms with Crippen LogP contribution in [0.25, 0.3) is 0 Å². The second kappa shape index (κ2) is 23.5. The summed E-state index contributed by atoms with van der Waals surface area (Å²) < 4.78 is 22.6. The molecular formula is C60H56O23. The van der Waals surface area contributed by atoms with Crippen LogP contribution in [-0.2, 0) is 25.7 Å². The van der Waals surface area contributed by atoms with Crippen LogP contribution in [0.4, 0.5) is 0 Å². The number of aliphatic hydroxyl groups is 4. The Labute approximate surface area is 470 Å². The Morgan fingerprint density at radius 1 is 0.253 bits per heavy atom. The second-order valence-corrected chi connectivity index (χ2v) is 19.9. The monoisotopic (exact) mass is 1140 g/mol. The number of fused-ring (bicyclic) bond motifs is 4. The molecule has 8 unspecified atom stereocenters. The second-order valence-electron chi connectivity index (χ2n) is 19.9. The van der Waals surface area contributed by atoms with Gasteiger partial charge >= 0.3 is 0 Å². The summed E-state index contributed by atoms with van der Waals surface area (Å²) in [6.07, 6.45) is -5.71. The van der Waals surface area contributed by atoms with Crippen LogP contribution in [0.2, 0.25) is 0 Å². The first kappa shape index (κ1) is 57.5. The average Bonchev–Trinajstić information content (AvgIpc) is 2.95. The van der Waals surface area contributed by atoms with E-state index < -0.39 is 66.1 Å². The maximum absolute atomic E-state index is 10.2. The van der Waals surface area contributed by atoms with E-state index in [4.69, 9.17) is 18.9 Å². The van der Waals surface area contributed by atoms with Gasteiger partial charge < -0.3 is 116 Å². The summed E-state index contributed by atoms with van der Waals surface area (Å²) in [6.45, 7) is 0. The van der Waals surface area contributed by atoms with Gasteiger partial charge in [-0.3, -0.25) is 0 Å². The van der Waals surface area contributed by atoms with Gasteiger partial charge in [0.1, 0.15) is 87.3 Å². The summed E-state index contributed by atoms with van der Waals surface area (Å²) >= 11 is 0. The Hall–Kier alpha value is -10.2. The molecule has 23 nitrogen and oxygen atoms in total. The summed E-state index contributed by atoms with van der Waals surface area (Å²) in [7, 11) is 0. The molecule has 12 rings (SSSR count). The zero-order chi connectivity index (χ0) is 59.7.